The number of aromatic amines is 1. The number of amides is 1. The highest BCUT2D eigenvalue weighted by Crippen LogP contribution is 2.23. The summed E-state index contributed by atoms with van der Waals surface area (Å²) in [7, 11) is 0. The average molecular weight is 521 g/mol. The summed E-state index contributed by atoms with van der Waals surface area (Å²) in [6.45, 7) is 1.63. The van der Waals surface area contributed by atoms with Crippen LogP contribution in [0, 0.1) is 0 Å². The summed E-state index contributed by atoms with van der Waals surface area (Å²) in [5.41, 5.74) is 3.94. The van der Waals surface area contributed by atoms with E-state index >= 15 is 0 Å². The summed E-state index contributed by atoms with van der Waals surface area (Å²) < 4.78 is 0.980. The van der Waals surface area contributed by atoms with E-state index in [2.05, 4.69) is 36.5 Å². The number of unbranched alkanes of at least 4 members (excludes halogenated alkanes) is 2. The zero-order chi connectivity index (χ0) is 23.9. The number of carbonyl (C=O) groups excluding carboxylic acids is 2. The Balaban J connectivity index is 1.41. The van der Waals surface area contributed by atoms with Gasteiger partial charge in [-0.2, -0.15) is 0 Å². The van der Waals surface area contributed by atoms with Gasteiger partial charge in [-0.25, -0.2) is 5.32 Å². The molecule has 34 heavy (non-hydrogen) atoms. The quantitative estimate of drug-likeness (QED) is 0.316. The molecule has 6 nitrogen and oxygen atoms in total. The highest BCUT2D eigenvalue weighted by molar-refractivity contribution is 9.10. The molecule has 0 saturated carbocycles. The molecular formula is C27H29BrN4O2+. The van der Waals surface area contributed by atoms with E-state index in [1.54, 1.807) is 6.92 Å². The van der Waals surface area contributed by atoms with Crippen LogP contribution in [0.1, 0.15) is 50.2 Å². The van der Waals surface area contributed by atoms with E-state index < -0.39 is 0 Å². The molecule has 4 rings (SSSR count). The first-order chi connectivity index (χ1) is 16.5. The number of aromatic nitrogens is 1. The highest BCUT2D eigenvalue weighted by atomic mass is 79.9. The number of hydrogen-bond donors (Lipinski definition) is 3. The third kappa shape index (κ3) is 6.23. The van der Waals surface area contributed by atoms with Crippen molar-refractivity contribution in [1.82, 2.24) is 20.6 Å². The van der Waals surface area contributed by atoms with Crippen LogP contribution in [-0.2, 0) is 16.0 Å². The van der Waals surface area contributed by atoms with E-state index in [1.165, 1.54) is 0 Å². The number of fused-ring (bicyclic) bond motifs is 1. The van der Waals surface area contributed by atoms with Crippen LogP contribution in [0.4, 0.5) is 0 Å². The number of carbonyl (C=O) groups is 2. The fourth-order valence-corrected chi connectivity index (χ4v) is 4.53. The monoisotopic (exact) mass is 520 g/mol. The predicted molar refractivity (Wildman–Crippen MR) is 140 cm³/mol. The summed E-state index contributed by atoms with van der Waals surface area (Å²) in [6.07, 6.45) is 8.06. The lowest BCUT2D eigenvalue weighted by molar-refractivity contribution is -0.120. The molecule has 0 aliphatic carbocycles. The second-order valence-electron chi connectivity index (χ2n) is 8.65. The van der Waals surface area contributed by atoms with Crippen molar-refractivity contribution in [3.63, 3.8) is 0 Å². The summed E-state index contributed by atoms with van der Waals surface area (Å²) in [5, 5.41) is 7.62. The van der Waals surface area contributed by atoms with Crippen LogP contribution in [0.25, 0.3) is 16.6 Å². The largest absolute Gasteiger partial charge is 0.361 e. The van der Waals surface area contributed by atoms with Crippen molar-refractivity contribution in [3.8, 4) is 0 Å². The van der Waals surface area contributed by atoms with E-state index in [0.717, 1.165) is 63.7 Å². The number of benzene rings is 2. The summed E-state index contributed by atoms with van der Waals surface area (Å²) in [5.74, 6) is 0.918. The second kappa shape index (κ2) is 11.3. The fraction of sp³-hybridized carbons (Fsp3) is 0.296. The van der Waals surface area contributed by atoms with E-state index in [1.807, 2.05) is 60.9 Å². The van der Waals surface area contributed by atoms with Crippen molar-refractivity contribution in [3.05, 3.63) is 76.5 Å². The molecule has 3 aromatic rings. The second-order valence-corrected chi connectivity index (χ2v) is 9.57. The van der Waals surface area contributed by atoms with Gasteiger partial charge in [0, 0.05) is 33.6 Å². The minimum atomic E-state index is -0.223. The number of nitrogens with zero attached hydrogens (tertiary/aromatic N) is 1. The smallest absolute Gasteiger partial charge is 0.319 e. The zero-order valence-corrected chi connectivity index (χ0v) is 20.8. The first-order valence-corrected chi connectivity index (χ1v) is 12.4. The first-order valence-electron chi connectivity index (χ1n) is 11.6. The van der Waals surface area contributed by atoms with Gasteiger partial charge in [0.25, 0.3) is 0 Å². The number of amidine groups is 1. The molecule has 1 atom stereocenters. The van der Waals surface area contributed by atoms with Crippen molar-refractivity contribution < 1.29 is 9.59 Å². The van der Waals surface area contributed by atoms with Crippen LogP contribution < -0.4 is 15.6 Å². The predicted octanol–water partition coefficient (Wildman–Crippen LogP) is 4.83. The molecule has 0 spiro atoms. The van der Waals surface area contributed by atoms with Crippen LogP contribution in [0.2, 0.25) is 0 Å². The number of hydrogen-bond acceptors (Lipinski definition) is 4. The summed E-state index contributed by atoms with van der Waals surface area (Å²) >= 11 is 3.51. The third-order valence-corrected chi connectivity index (χ3v) is 6.44. The number of halogens is 1. The van der Waals surface area contributed by atoms with E-state index in [0.29, 0.717) is 6.42 Å². The molecule has 175 valence electrons. The Morgan fingerprint density at radius 1 is 1.09 bits per heavy atom. The molecule has 1 aliphatic rings. The SMILES string of the molecule is CC(=O)CCCCC[C@H](NC(=O)Cc1c[nH]c2ccc(Br)cc12)C1=[N+]C=C(c2ccccc2)N1. The van der Waals surface area contributed by atoms with Crippen LogP contribution in [0.5, 0.6) is 0 Å². The summed E-state index contributed by atoms with van der Waals surface area (Å²) in [4.78, 5) is 32.1. The molecule has 1 amide bonds. The van der Waals surface area contributed by atoms with Crippen LogP contribution in [0.15, 0.2) is 65.4 Å². The van der Waals surface area contributed by atoms with E-state index in [-0.39, 0.29) is 24.2 Å². The molecular weight excluding hydrogens is 492 g/mol. The van der Waals surface area contributed by atoms with Crippen molar-refractivity contribution >= 4 is 50.1 Å². The first kappa shape index (κ1) is 24.0. The average Bonchev–Trinajstić information content (AvgIpc) is 3.46. The fourth-order valence-electron chi connectivity index (χ4n) is 4.17. The van der Waals surface area contributed by atoms with E-state index in [9.17, 15) is 9.59 Å². The van der Waals surface area contributed by atoms with Crippen molar-refractivity contribution in [2.75, 3.05) is 0 Å². The van der Waals surface area contributed by atoms with Gasteiger partial charge >= 0.3 is 5.84 Å². The normalized spacial score (nSPS) is 13.8. The third-order valence-electron chi connectivity index (χ3n) is 5.95. The minimum absolute atomic E-state index is 0.0488. The Hall–Kier alpha value is -3.19. The van der Waals surface area contributed by atoms with Crippen molar-refractivity contribution in [2.45, 2.75) is 51.5 Å². The molecule has 3 N–H and O–H groups in total. The number of H-pyrrole nitrogens is 1. The Bertz CT molecular complexity index is 1230. The van der Waals surface area contributed by atoms with Gasteiger partial charge in [0.15, 0.2) is 11.9 Å². The molecule has 0 saturated heterocycles. The van der Waals surface area contributed by atoms with Crippen LogP contribution in [-0.4, -0.2) is 28.6 Å². The molecule has 2 heterocycles. The lowest BCUT2D eigenvalue weighted by Crippen LogP contribution is -2.47. The van der Waals surface area contributed by atoms with Crippen LogP contribution in [0.3, 0.4) is 0 Å². The van der Waals surface area contributed by atoms with Gasteiger partial charge in [0.05, 0.1) is 6.42 Å². The molecule has 7 heteroatoms. The maximum absolute atomic E-state index is 13.1. The zero-order valence-electron chi connectivity index (χ0n) is 19.2. The number of aliphatic imine (C=N–C) groups is 1. The standard InChI is InChI=1S/C27H29BrN4O2/c1-18(33)8-4-2-7-11-24(27-30-17-25(32-27)19-9-5-3-6-10-19)31-26(34)14-20-16-29-23-13-12-21(28)15-22(20)23/h3,5-6,9-10,12-13,15-17,24,29,32H,2,4,7-8,11,14H2,1H3,(H,31,34)/q+1/t24-/m0/s1. The molecule has 1 aromatic heterocycles. The number of rotatable bonds is 11. The van der Waals surface area contributed by atoms with Gasteiger partial charge in [0.2, 0.25) is 5.91 Å². The van der Waals surface area contributed by atoms with Gasteiger partial charge < -0.3 is 15.1 Å². The minimum Gasteiger partial charge on any atom is -0.361 e. The number of nitrogens with one attached hydrogen (secondary N) is 3. The molecule has 1 radical (unpaired) electrons. The molecule has 2 aromatic carbocycles. The number of ketones is 1. The maximum Gasteiger partial charge on any atom is 0.319 e. The van der Waals surface area contributed by atoms with Gasteiger partial charge in [-0.3, -0.25) is 4.79 Å². The Morgan fingerprint density at radius 3 is 2.71 bits per heavy atom. The van der Waals surface area contributed by atoms with Gasteiger partial charge in [0.1, 0.15) is 11.8 Å². The highest BCUT2D eigenvalue weighted by Gasteiger charge is 2.30. The molecule has 0 bridgehead atoms. The Morgan fingerprint density at radius 2 is 1.91 bits per heavy atom. The lowest BCUT2D eigenvalue weighted by Gasteiger charge is -2.15. The van der Waals surface area contributed by atoms with E-state index in [4.69, 9.17) is 0 Å². The van der Waals surface area contributed by atoms with Crippen LogP contribution >= 0.6 is 15.9 Å². The molecule has 0 unspecified atom stereocenters. The van der Waals surface area contributed by atoms with Gasteiger partial charge in [-0.15, -0.1) is 0 Å². The van der Waals surface area contributed by atoms with Crippen molar-refractivity contribution in [2.24, 2.45) is 0 Å². The summed E-state index contributed by atoms with van der Waals surface area (Å²) in [6, 6.07) is 15.8. The van der Waals surface area contributed by atoms with Gasteiger partial charge in [-0.05, 0) is 48.5 Å². The lowest BCUT2D eigenvalue weighted by atomic mass is 10.0. The maximum atomic E-state index is 13.1. The topological polar surface area (TPSA) is 88.1 Å². The molecule has 0 fully saturated rings. The Kier molecular flexibility index (Phi) is 7.95. The molecule has 1 aliphatic heterocycles. The number of Topliss-reactive ketones (excluding diaryl/α,β-unsaturated/α-hetero) is 1. The Labute approximate surface area is 208 Å². The van der Waals surface area contributed by atoms with Gasteiger partial charge in [-0.1, -0.05) is 59.1 Å². The van der Waals surface area contributed by atoms with Crippen molar-refractivity contribution in [1.29, 1.82) is 0 Å².